The number of aromatic nitrogens is 2. The van der Waals surface area contributed by atoms with Crippen molar-refractivity contribution in [3.05, 3.63) is 17.7 Å². The van der Waals surface area contributed by atoms with E-state index in [-0.39, 0.29) is 12.1 Å². The van der Waals surface area contributed by atoms with Crippen LogP contribution in [0.15, 0.2) is 17.1 Å². The number of nitrogen functional groups attached to an aromatic ring is 1. The van der Waals surface area contributed by atoms with Crippen LogP contribution in [0, 0.1) is 0 Å². The van der Waals surface area contributed by atoms with E-state index in [1.54, 1.807) is 19.2 Å². The quantitative estimate of drug-likeness (QED) is 0.129. The molecule has 10 N–H and O–H groups in total. The van der Waals surface area contributed by atoms with Crippen molar-refractivity contribution >= 4 is 28.8 Å². The van der Waals surface area contributed by atoms with E-state index in [1.165, 1.54) is 0 Å². The first kappa shape index (κ1) is 24.6. The summed E-state index contributed by atoms with van der Waals surface area (Å²) in [6.45, 7) is 3.98. The van der Waals surface area contributed by atoms with Gasteiger partial charge in [-0.3, -0.25) is 9.79 Å². The second kappa shape index (κ2) is 10.7. The fourth-order valence-electron chi connectivity index (χ4n) is 4.05. The average Bonchev–Trinajstić information content (AvgIpc) is 3.14. The molecule has 1 aliphatic rings. The van der Waals surface area contributed by atoms with Gasteiger partial charge in [0.05, 0.1) is 17.7 Å². The summed E-state index contributed by atoms with van der Waals surface area (Å²) in [5, 5.41) is 0. The van der Waals surface area contributed by atoms with Crippen molar-refractivity contribution in [3.8, 4) is 5.75 Å². The molecule has 0 fully saturated rings. The zero-order valence-electron chi connectivity index (χ0n) is 19.2. The number of carbonyl (C=O) groups is 1. The Kier molecular flexibility index (Phi) is 7.95. The number of hydrogen-bond donors (Lipinski definition) is 5. The van der Waals surface area contributed by atoms with Crippen molar-refractivity contribution < 1.29 is 14.3 Å². The zero-order chi connectivity index (χ0) is 24.1. The van der Waals surface area contributed by atoms with Gasteiger partial charge < -0.3 is 47.6 Å². The van der Waals surface area contributed by atoms with Gasteiger partial charge in [0.2, 0.25) is 11.9 Å². The Balaban J connectivity index is 1.70. The van der Waals surface area contributed by atoms with Gasteiger partial charge >= 0.3 is 0 Å². The molecule has 1 aromatic carbocycles. The summed E-state index contributed by atoms with van der Waals surface area (Å²) in [5.74, 6) is 0.730. The molecule has 3 atom stereocenters. The largest absolute Gasteiger partial charge is 0.489 e. The van der Waals surface area contributed by atoms with Crippen molar-refractivity contribution in [3.63, 3.8) is 0 Å². The van der Waals surface area contributed by atoms with Gasteiger partial charge in [-0.1, -0.05) is 0 Å². The standard InChI is InChI=1S/C21H35N9O3/c1-12(32-8-4-6-22)18(23)29(20(25)27-2)7-3-5-14-11-33-16-10-13(19(24)31)9-15-17(16)30(14)21(26)28-15/h9-10,12,14,18H,3-8,11,22-23H2,1-2H3,(H2,24,31)(H2,25,27)(H2,26,28)/t12?,14-,18?/m0/s1. The van der Waals surface area contributed by atoms with Crippen molar-refractivity contribution in [1.29, 1.82) is 0 Å². The lowest BCUT2D eigenvalue weighted by Gasteiger charge is -2.34. The lowest BCUT2D eigenvalue weighted by Crippen LogP contribution is -2.55. The molecular formula is C21H35N9O3. The van der Waals surface area contributed by atoms with E-state index in [9.17, 15) is 4.79 Å². The minimum absolute atomic E-state index is 0.0296. The second-order valence-corrected chi connectivity index (χ2v) is 8.14. The SMILES string of the molecule is CN=C(N)N(CCC[C@H]1COc2cc(C(N)=O)cc3nc(N)n1c23)C(N)C(C)OCCCN. The van der Waals surface area contributed by atoms with Gasteiger partial charge in [-0.15, -0.1) is 0 Å². The first-order valence-electron chi connectivity index (χ1n) is 11.1. The van der Waals surface area contributed by atoms with E-state index in [0.717, 1.165) is 24.8 Å². The number of ether oxygens (including phenoxy) is 2. The molecule has 0 bridgehead atoms. The van der Waals surface area contributed by atoms with Crippen LogP contribution in [0.1, 0.15) is 42.6 Å². The van der Waals surface area contributed by atoms with Gasteiger partial charge in [-0.2, -0.15) is 0 Å². The summed E-state index contributed by atoms with van der Waals surface area (Å²) >= 11 is 0. The molecule has 2 aromatic rings. The van der Waals surface area contributed by atoms with E-state index in [2.05, 4.69) is 9.98 Å². The summed E-state index contributed by atoms with van der Waals surface area (Å²) in [6.07, 6.45) is 1.56. The molecule has 2 heterocycles. The van der Waals surface area contributed by atoms with Crippen molar-refractivity contribution in [2.24, 2.45) is 27.9 Å². The number of aliphatic imine (C=N–C) groups is 1. The molecule has 0 spiro atoms. The van der Waals surface area contributed by atoms with Crippen LogP contribution in [0.5, 0.6) is 5.75 Å². The Morgan fingerprint density at radius 3 is 2.82 bits per heavy atom. The molecule has 12 heteroatoms. The van der Waals surface area contributed by atoms with Crippen LogP contribution in [0.4, 0.5) is 5.95 Å². The van der Waals surface area contributed by atoms with Crippen LogP contribution < -0.4 is 33.4 Å². The third-order valence-electron chi connectivity index (χ3n) is 5.89. The number of primary amides is 1. The van der Waals surface area contributed by atoms with Gasteiger partial charge in [0.1, 0.15) is 24.0 Å². The normalized spacial score (nSPS) is 17.6. The molecule has 3 rings (SSSR count). The highest BCUT2D eigenvalue weighted by Gasteiger charge is 2.28. The van der Waals surface area contributed by atoms with E-state index >= 15 is 0 Å². The predicted octanol–water partition coefficient (Wildman–Crippen LogP) is -0.284. The molecule has 182 valence electrons. The third kappa shape index (κ3) is 5.29. The van der Waals surface area contributed by atoms with Gasteiger partial charge in [-0.25, -0.2) is 4.98 Å². The zero-order valence-corrected chi connectivity index (χ0v) is 19.2. The van der Waals surface area contributed by atoms with Gasteiger partial charge in [0.15, 0.2) is 5.96 Å². The summed E-state index contributed by atoms with van der Waals surface area (Å²) in [6, 6.07) is 3.23. The maximum absolute atomic E-state index is 11.6. The Hall–Kier alpha value is -3.09. The van der Waals surface area contributed by atoms with E-state index < -0.39 is 12.1 Å². The molecular weight excluding hydrogens is 426 g/mol. The Morgan fingerprint density at radius 1 is 1.39 bits per heavy atom. The number of carbonyl (C=O) groups excluding carboxylic acids is 1. The Morgan fingerprint density at radius 2 is 2.15 bits per heavy atom. The number of imidazole rings is 1. The van der Waals surface area contributed by atoms with E-state index in [1.807, 2.05) is 16.4 Å². The molecule has 12 nitrogen and oxygen atoms in total. The number of amides is 1. The number of nitrogens with zero attached hydrogens (tertiary/aromatic N) is 4. The molecule has 0 radical (unpaired) electrons. The van der Waals surface area contributed by atoms with E-state index in [4.69, 9.17) is 38.1 Å². The fraction of sp³-hybridized carbons (Fsp3) is 0.571. The van der Waals surface area contributed by atoms with Crippen molar-refractivity contribution in [1.82, 2.24) is 14.5 Å². The van der Waals surface area contributed by atoms with Crippen LogP contribution in [0.2, 0.25) is 0 Å². The minimum atomic E-state index is -0.542. The van der Waals surface area contributed by atoms with Crippen LogP contribution >= 0.6 is 0 Å². The molecule has 0 saturated carbocycles. The molecule has 1 aromatic heterocycles. The maximum atomic E-state index is 11.6. The first-order chi connectivity index (χ1) is 15.8. The predicted molar refractivity (Wildman–Crippen MR) is 128 cm³/mol. The number of rotatable bonds is 11. The second-order valence-electron chi connectivity index (χ2n) is 8.14. The topological polar surface area (TPSA) is 199 Å². The van der Waals surface area contributed by atoms with Crippen LogP contribution in [0.25, 0.3) is 11.0 Å². The maximum Gasteiger partial charge on any atom is 0.248 e. The molecule has 33 heavy (non-hydrogen) atoms. The number of benzene rings is 1. The summed E-state index contributed by atoms with van der Waals surface area (Å²) in [7, 11) is 1.63. The number of anilines is 1. The van der Waals surface area contributed by atoms with Crippen LogP contribution in [0.3, 0.4) is 0 Å². The molecule has 0 aliphatic carbocycles. The summed E-state index contributed by atoms with van der Waals surface area (Å²) in [5.41, 5.74) is 31.4. The summed E-state index contributed by atoms with van der Waals surface area (Å²) in [4.78, 5) is 22.0. The minimum Gasteiger partial charge on any atom is -0.489 e. The van der Waals surface area contributed by atoms with Crippen molar-refractivity contribution in [2.45, 2.75) is 44.5 Å². The van der Waals surface area contributed by atoms with Gasteiger partial charge in [0.25, 0.3) is 0 Å². The fourth-order valence-corrected chi connectivity index (χ4v) is 4.05. The highest BCUT2D eigenvalue weighted by atomic mass is 16.5. The highest BCUT2D eigenvalue weighted by molar-refractivity contribution is 5.99. The van der Waals surface area contributed by atoms with Gasteiger partial charge in [0, 0.05) is 25.8 Å². The first-order valence-corrected chi connectivity index (χ1v) is 11.1. The molecule has 1 amide bonds. The average molecular weight is 462 g/mol. The molecule has 0 saturated heterocycles. The number of hydrogen-bond acceptors (Lipinski definition) is 8. The Labute approximate surface area is 193 Å². The Bertz CT molecular complexity index is 1010. The summed E-state index contributed by atoms with van der Waals surface area (Å²) < 4.78 is 13.7. The number of nitrogens with two attached hydrogens (primary N) is 5. The van der Waals surface area contributed by atoms with Crippen molar-refractivity contribution in [2.75, 3.05) is 39.1 Å². The monoisotopic (exact) mass is 461 g/mol. The lowest BCUT2D eigenvalue weighted by molar-refractivity contribution is 0.0157. The molecule has 2 unspecified atom stereocenters. The molecule has 1 aliphatic heterocycles. The number of guanidine groups is 1. The van der Waals surface area contributed by atoms with Crippen LogP contribution in [-0.2, 0) is 4.74 Å². The smallest absolute Gasteiger partial charge is 0.248 e. The lowest BCUT2D eigenvalue weighted by atomic mass is 10.1. The van der Waals surface area contributed by atoms with Gasteiger partial charge in [-0.05, 0) is 44.9 Å². The van der Waals surface area contributed by atoms with Crippen LogP contribution in [-0.4, -0.2) is 71.9 Å². The third-order valence-corrected chi connectivity index (χ3v) is 5.89. The highest BCUT2D eigenvalue weighted by Crippen LogP contribution is 2.37. The van der Waals surface area contributed by atoms with E-state index in [0.29, 0.717) is 55.0 Å².